The Morgan fingerprint density at radius 3 is 2.62 bits per heavy atom. The first-order chi connectivity index (χ1) is 16.3. The summed E-state index contributed by atoms with van der Waals surface area (Å²) in [5.41, 5.74) is 0.618. The van der Waals surface area contributed by atoms with E-state index in [4.69, 9.17) is 11.6 Å². The van der Waals surface area contributed by atoms with E-state index in [1.807, 2.05) is 12.1 Å². The van der Waals surface area contributed by atoms with E-state index in [1.165, 1.54) is 23.0 Å². The van der Waals surface area contributed by atoms with E-state index >= 15 is 0 Å². The molecule has 174 valence electrons. The van der Waals surface area contributed by atoms with Gasteiger partial charge in [0.25, 0.3) is 5.56 Å². The highest BCUT2D eigenvalue weighted by Crippen LogP contribution is 2.25. The molecule has 11 nitrogen and oxygen atoms in total. The lowest BCUT2D eigenvalue weighted by molar-refractivity contribution is -0.113. The summed E-state index contributed by atoms with van der Waals surface area (Å²) in [6.45, 7) is 0.310. The molecule has 0 spiro atoms. The first-order valence-electron chi connectivity index (χ1n) is 9.95. The van der Waals surface area contributed by atoms with Crippen molar-refractivity contribution in [1.29, 1.82) is 0 Å². The van der Waals surface area contributed by atoms with Gasteiger partial charge in [-0.25, -0.2) is 14.2 Å². The van der Waals surface area contributed by atoms with Crippen molar-refractivity contribution in [3.8, 4) is 0 Å². The number of amides is 1. The number of carbonyl (C=O) groups excluding carboxylic acids is 1. The third-order valence-corrected chi connectivity index (χ3v) is 7.08. The second-order valence-corrected chi connectivity index (χ2v) is 9.66. The summed E-state index contributed by atoms with van der Waals surface area (Å²) in [6, 6.07) is 7.23. The van der Waals surface area contributed by atoms with Gasteiger partial charge in [0.2, 0.25) is 11.7 Å². The van der Waals surface area contributed by atoms with Crippen LogP contribution in [-0.4, -0.2) is 44.9 Å². The highest BCUT2D eigenvalue weighted by molar-refractivity contribution is 7.99. The van der Waals surface area contributed by atoms with Gasteiger partial charge in [0.1, 0.15) is 0 Å². The summed E-state index contributed by atoms with van der Waals surface area (Å²) in [7, 11) is 3.02. The lowest BCUT2D eigenvalue weighted by Crippen LogP contribution is -2.37. The van der Waals surface area contributed by atoms with Crippen LogP contribution in [0, 0.1) is 0 Å². The van der Waals surface area contributed by atoms with Gasteiger partial charge in [-0.05, 0) is 17.7 Å². The molecule has 0 saturated heterocycles. The molecular weight excluding hydrogens is 500 g/mol. The molecule has 0 aliphatic rings. The summed E-state index contributed by atoms with van der Waals surface area (Å²) in [4.78, 5) is 42.2. The minimum atomic E-state index is -0.478. The standard InChI is InChI=1S/C20H17ClN8O3S2/c1-26-15-14(16(31)27(2)20(26)32)28(9-11-3-5-12(21)6-4-11)18-24-25-19(29(15)18)34-10-13(30)23-17-22-7-8-33-17/h3-8H,9-10H2,1-2H3,(H,22,23,30). The van der Waals surface area contributed by atoms with E-state index in [-0.39, 0.29) is 11.7 Å². The zero-order valence-corrected chi connectivity index (χ0v) is 20.3. The number of aromatic nitrogens is 7. The number of hydrogen-bond donors (Lipinski definition) is 1. The zero-order chi connectivity index (χ0) is 24.0. The Balaban J connectivity index is 1.62. The molecule has 1 N–H and O–H groups in total. The number of thiazole rings is 1. The average Bonchev–Trinajstić information content (AvgIpc) is 3.54. The van der Waals surface area contributed by atoms with Gasteiger partial charge in [0.05, 0.1) is 12.3 Å². The molecule has 0 atom stereocenters. The number of hydrogen-bond acceptors (Lipinski definition) is 8. The largest absolute Gasteiger partial charge is 0.332 e. The SMILES string of the molecule is Cn1c(=O)c2c(n(C)c1=O)n1c(SCC(=O)Nc3nccs3)nnc1n2Cc1ccc(Cl)cc1. The quantitative estimate of drug-likeness (QED) is 0.342. The number of rotatable bonds is 6. The highest BCUT2D eigenvalue weighted by Gasteiger charge is 2.24. The van der Waals surface area contributed by atoms with Crippen molar-refractivity contribution in [2.24, 2.45) is 14.1 Å². The number of fused-ring (bicyclic) bond motifs is 3. The predicted octanol–water partition coefficient (Wildman–Crippen LogP) is 1.97. The lowest BCUT2D eigenvalue weighted by Gasteiger charge is -2.08. The van der Waals surface area contributed by atoms with Gasteiger partial charge in [0, 0.05) is 30.7 Å². The number of nitrogens with one attached hydrogen (secondary N) is 1. The second kappa shape index (κ2) is 8.74. The number of halogens is 1. The second-order valence-electron chi connectivity index (χ2n) is 7.38. The maximum atomic E-state index is 13.2. The van der Waals surface area contributed by atoms with Crippen LogP contribution >= 0.6 is 34.7 Å². The molecule has 0 fully saturated rings. The third kappa shape index (κ3) is 3.81. The Labute approximate surface area is 204 Å². The van der Waals surface area contributed by atoms with E-state index in [2.05, 4.69) is 20.5 Å². The van der Waals surface area contributed by atoms with Gasteiger partial charge in [-0.3, -0.25) is 23.3 Å². The zero-order valence-electron chi connectivity index (χ0n) is 17.9. The first kappa shape index (κ1) is 22.4. The van der Waals surface area contributed by atoms with Gasteiger partial charge >= 0.3 is 5.69 Å². The van der Waals surface area contributed by atoms with Crippen molar-refractivity contribution in [3.63, 3.8) is 0 Å². The van der Waals surface area contributed by atoms with Crippen LogP contribution in [0.25, 0.3) is 16.9 Å². The molecular formula is C20H17ClN8O3S2. The van der Waals surface area contributed by atoms with Gasteiger partial charge in [-0.15, -0.1) is 21.5 Å². The van der Waals surface area contributed by atoms with Gasteiger partial charge in [0.15, 0.2) is 21.5 Å². The van der Waals surface area contributed by atoms with Crippen molar-refractivity contribution in [2.45, 2.75) is 11.7 Å². The molecule has 4 aromatic heterocycles. The summed E-state index contributed by atoms with van der Waals surface area (Å²) in [6.07, 6.45) is 1.60. The van der Waals surface area contributed by atoms with Gasteiger partial charge in [-0.2, -0.15) is 0 Å². The summed E-state index contributed by atoms with van der Waals surface area (Å²) >= 11 is 8.48. The summed E-state index contributed by atoms with van der Waals surface area (Å²) in [5.74, 6) is 0.167. The monoisotopic (exact) mass is 516 g/mol. The van der Waals surface area contributed by atoms with Crippen molar-refractivity contribution >= 4 is 62.7 Å². The molecule has 0 unspecified atom stereocenters. The van der Waals surface area contributed by atoms with E-state index in [1.54, 1.807) is 39.7 Å². The van der Waals surface area contributed by atoms with Crippen molar-refractivity contribution in [2.75, 3.05) is 11.1 Å². The minimum absolute atomic E-state index is 0.0447. The smallest absolute Gasteiger partial charge is 0.301 e. The molecule has 0 saturated carbocycles. The molecule has 0 aliphatic heterocycles. The number of carbonyl (C=O) groups is 1. The van der Waals surface area contributed by atoms with Crippen LogP contribution in [0.1, 0.15) is 5.56 Å². The maximum absolute atomic E-state index is 13.2. The fourth-order valence-electron chi connectivity index (χ4n) is 3.62. The molecule has 5 rings (SSSR count). The van der Waals surface area contributed by atoms with E-state index in [9.17, 15) is 14.4 Å². The van der Waals surface area contributed by atoms with E-state index in [0.29, 0.717) is 38.8 Å². The minimum Gasteiger partial charge on any atom is -0.301 e. The predicted molar refractivity (Wildman–Crippen MR) is 131 cm³/mol. The van der Waals surface area contributed by atoms with Crippen molar-refractivity contribution in [3.05, 3.63) is 67.3 Å². The lowest BCUT2D eigenvalue weighted by atomic mass is 10.2. The molecule has 0 aliphatic carbocycles. The normalized spacial score (nSPS) is 11.5. The first-order valence-corrected chi connectivity index (χ1v) is 12.2. The Bertz CT molecular complexity index is 1650. The number of anilines is 1. The number of aryl methyl sites for hydroxylation is 1. The number of imidazole rings is 1. The van der Waals surface area contributed by atoms with Gasteiger partial charge < -0.3 is 5.32 Å². The number of thioether (sulfide) groups is 1. The van der Waals surface area contributed by atoms with E-state index in [0.717, 1.165) is 21.9 Å². The van der Waals surface area contributed by atoms with Crippen LogP contribution in [-0.2, 0) is 25.4 Å². The van der Waals surface area contributed by atoms with Crippen LogP contribution in [0.15, 0.2) is 50.6 Å². The fourth-order valence-corrected chi connectivity index (χ4v) is 5.02. The van der Waals surface area contributed by atoms with Crippen LogP contribution < -0.4 is 16.6 Å². The van der Waals surface area contributed by atoms with Crippen molar-refractivity contribution < 1.29 is 4.79 Å². The molecule has 4 heterocycles. The molecule has 14 heteroatoms. The van der Waals surface area contributed by atoms with Crippen LogP contribution in [0.2, 0.25) is 5.02 Å². The van der Waals surface area contributed by atoms with Crippen LogP contribution in [0.5, 0.6) is 0 Å². The molecule has 5 aromatic rings. The topological polar surface area (TPSA) is 121 Å². The van der Waals surface area contributed by atoms with Gasteiger partial charge in [-0.1, -0.05) is 35.5 Å². The average molecular weight is 517 g/mol. The van der Waals surface area contributed by atoms with Crippen molar-refractivity contribution in [1.82, 2.24) is 33.3 Å². The molecule has 0 bridgehead atoms. The third-order valence-electron chi connectivity index (χ3n) is 5.21. The number of benzene rings is 1. The summed E-state index contributed by atoms with van der Waals surface area (Å²) < 4.78 is 5.79. The Morgan fingerprint density at radius 1 is 1.15 bits per heavy atom. The Morgan fingerprint density at radius 2 is 1.91 bits per heavy atom. The fraction of sp³-hybridized carbons (Fsp3) is 0.200. The highest BCUT2D eigenvalue weighted by atomic mass is 35.5. The maximum Gasteiger partial charge on any atom is 0.332 e. The Kier molecular flexibility index (Phi) is 5.75. The molecule has 0 radical (unpaired) electrons. The van der Waals surface area contributed by atoms with Crippen LogP contribution in [0.4, 0.5) is 5.13 Å². The van der Waals surface area contributed by atoms with E-state index < -0.39 is 11.2 Å². The molecule has 1 aromatic carbocycles. The Hall–Kier alpha value is -3.42. The molecule has 34 heavy (non-hydrogen) atoms. The number of nitrogens with zero attached hydrogens (tertiary/aromatic N) is 7. The summed E-state index contributed by atoms with van der Waals surface area (Å²) in [5, 5.41) is 14.5. The molecule has 1 amide bonds. The van der Waals surface area contributed by atoms with Crippen LogP contribution in [0.3, 0.4) is 0 Å².